The minimum Gasteiger partial charge on any atom is -0.370 e. The first-order chi connectivity index (χ1) is 10.1. The number of anilines is 4. The Morgan fingerprint density at radius 1 is 1.24 bits per heavy atom. The molecule has 6 heteroatoms. The van der Waals surface area contributed by atoms with Crippen molar-refractivity contribution in [2.45, 2.75) is 20.3 Å². The average Bonchev–Trinajstić information content (AvgIpc) is 2.45. The van der Waals surface area contributed by atoms with E-state index in [0.717, 1.165) is 18.7 Å². The van der Waals surface area contributed by atoms with Crippen LogP contribution in [0.25, 0.3) is 0 Å². The van der Waals surface area contributed by atoms with E-state index in [9.17, 15) is 4.39 Å². The topological polar surface area (TPSA) is 67.1 Å². The van der Waals surface area contributed by atoms with Crippen LogP contribution in [0.2, 0.25) is 0 Å². The SMILES string of the molecule is CCCNc1cc(N(CC)c2cccc(F)c2)nc(N)n1. The summed E-state index contributed by atoms with van der Waals surface area (Å²) in [6.45, 7) is 5.50. The van der Waals surface area contributed by atoms with Crippen LogP contribution >= 0.6 is 0 Å². The summed E-state index contributed by atoms with van der Waals surface area (Å²) in [5, 5.41) is 3.19. The maximum absolute atomic E-state index is 13.4. The van der Waals surface area contributed by atoms with E-state index in [0.29, 0.717) is 18.2 Å². The highest BCUT2D eigenvalue weighted by molar-refractivity contribution is 5.63. The number of nitrogens with zero attached hydrogens (tertiary/aromatic N) is 3. The van der Waals surface area contributed by atoms with Crippen molar-refractivity contribution in [3.8, 4) is 0 Å². The second kappa shape index (κ2) is 6.88. The lowest BCUT2D eigenvalue weighted by molar-refractivity contribution is 0.627. The van der Waals surface area contributed by atoms with Gasteiger partial charge in [0, 0.05) is 24.8 Å². The normalized spacial score (nSPS) is 10.4. The highest BCUT2D eigenvalue weighted by atomic mass is 19.1. The van der Waals surface area contributed by atoms with Crippen molar-refractivity contribution in [1.29, 1.82) is 0 Å². The molecule has 0 bridgehead atoms. The third-order valence-corrected chi connectivity index (χ3v) is 3.00. The van der Waals surface area contributed by atoms with E-state index in [1.165, 1.54) is 12.1 Å². The zero-order valence-electron chi connectivity index (χ0n) is 12.3. The van der Waals surface area contributed by atoms with Gasteiger partial charge in [0.05, 0.1) is 0 Å². The molecule has 21 heavy (non-hydrogen) atoms. The Morgan fingerprint density at radius 2 is 2.05 bits per heavy atom. The van der Waals surface area contributed by atoms with Gasteiger partial charge in [-0.25, -0.2) is 4.39 Å². The van der Waals surface area contributed by atoms with Crippen molar-refractivity contribution in [1.82, 2.24) is 9.97 Å². The molecule has 3 N–H and O–H groups in total. The van der Waals surface area contributed by atoms with Gasteiger partial charge in [-0.15, -0.1) is 0 Å². The van der Waals surface area contributed by atoms with Crippen LogP contribution in [0, 0.1) is 5.82 Å². The lowest BCUT2D eigenvalue weighted by Crippen LogP contribution is -2.19. The van der Waals surface area contributed by atoms with E-state index in [4.69, 9.17) is 5.73 Å². The zero-order chi connectivity index (χ0) is 15.2. The van der Waals surface area contributed by atoms with Gasteiger partial charge < -0.3 is 16.0 Å². The Balaban J connectivity index is 2.35. The number of hydrogen-bond donors (Lipinski definition) is 2. The first-order valence-electron chi connectivity index (χ1n) is 7.05. The molecule has 1 aromatic heterocycles. The van der Waals surface area contributed by atoms with E-state index in [2.05, 4.69) is 22.2 Å². The van der Waals surface area contributed by atoms with Crippen LogP contribution < -0.4 is 16.0 Å². The predicted molar refractivity (Wildman–Crippen MR) is 84.3 cm³/mol. The number of aromatic nitrogens is 2. The maximum Gasteiger partial charge on any atom is 0.223 e. The van der Waals surface area contributed by atoms with Gasteiger partial charge in [0.25, 0.3) is 0 Å². The third-order valence-electron chi connectivity index (χ3n) is 3.00. The molecule has 0 radical (unpaired) electrons. The van der Waals surface area contributed by atoms with Crippen LogP contribution in [0.15, 0.2) is 30.3 Å². The summed E-state index contributed by atoms with van der Waals surface area (Å²) < 4.78 is 13.4. The molecule has 0 amide bonds. The largest absolute Gasteiger partial charge is 0.370 e. The molecule has 0 aliphatic heterocycles. The highest BCUT2D eigenvalue weighted by Gasteiger charge is 2.12. The smallest absolute Gasteiger partial charge is 0.223 e. The Hall–Kier alpha value is -2.37. The first kappa shape index (κ1) is 15.0. The second-order valence-electron chi connectivity index (χ2n) is 4.62. The van der Waals surface area contributed by atoms with Crippen molar-refractivity contribution >= 4 is 23.3 Å². The summed E-state index contributed by atoms with van der Waals surface area (Å²) in [5.74, 6) is 1.24. The van der Waals surface area contributed by atoms with Crippen LogP contribution in [0.5, 0.6) is 0 Å². The van der Waals surface area contributed by atoms with Crippen molar-refractivity contribution in [3.05, 3.63) is 36.1 Å². The molecule has 0 unspecified atom stereocenters. The minimum atomic E-state index is -0.280. The average molecular weight is 289 g/mol. The molecule has 0 saturated heterocycles. The Labute approximate surface area is 124 Å². The van der Waals surface area contributed by atoms with E-state index in [1.807, 2.05) is 24.0 Å². The first-order valence-corrected chi connectivity index (χ1v) is 7.05. The van der Waals surface area contributed by atoms with Crippen LogP contribution in [-0.4, -0.2) is 23.1 Å². The molecule has 0 aliphatic carbocycles. The van der Waals surface area contributed by atoms with Crippen LogP contribution in [-0.2, 0) is 0 Å². The van der Waals surface area contributed by atoms with Gasteiger partial charge in [-0.1, -0.05) is 13.0 Å². The molecule has 5 nitrogen and oxygen atoms in total. The van der Waals surface area contributed by atoms with Crippen LogP contribution in [0.3, 0.4) is 0 Å². The van der Waals surface area contributed by atoms with Gasteiger partial charge in [-0.2, -0.15) is 9.97 Å². The quantitative estimate of drug-likeness (QED) is 0.855. The lowest BCUT2D eigenvalue weighted by atomic mass is 10.2. The van der Waals surface area contributed by atoms with Crippen molar-refractivity contribution in [2.75, 3.05) is 29.0 Å². The summed E-state index contributed by atoms with van der Waals surface area (Å²) in [6.07, 6.45) is 0.987. The van der Waals surface area contributed by atoms with E-state index in [-0.39, 0.29) is 11.8 Å². The number of benzene rings is 1. The number of halogens is 1. The number of nitrogens with two attached hydrogens (primary N) is 1. The van der Waals surface area contributed by atoms with Crippen molar-refractivity contribution < 1.29 is 4.39 Å². The van der Waals surface area contributed by atoms with Crippen molar-refractivity contribution in [3.63, 3.8) is 0 Å². The second-order valence-corrected chi connectivity index (χ2v) is 4.62. The molecule has 112 valence electrons. The van der Waals surface area contributed by atoms with Gasteiger partial charge in [0.15, 0.2) is 0 Å². The molecule has 0 spiro atoms. The fraction of sp³-hybridized carbons (Fsp3) is 0.333. The molecule has 0 fully saturated rings. The standard InChI is InChI=1S/C15H20FN5/c1-3-8-18-13-10-14(20-15(17)19-13)21(4-2)12-7-5-6-11(16)9-12/h5-7,9-10H,3-4,8H2,1-2H3,(H3,17,18,19,20). The summed E-state index contributed by atoms with van der Waals surface area (Å²) in [5.41, 5.74) is 6.50. The zero-order valence-corrected chi connectivity index (χ0v) is 12.3. The number of nitrogen functional groups attached to an aromatic ring is 1. The molecular weight excluding hydrogens is 269 g/mol. The molecule has 2 aromatic rings. The lowest BCUT2D eigenvalue weighted by Gasteiger charge is -2.22. The summed E-state index contributed by atoms with van der Waals surface area (Å²) in [7, 11) is 0. The summed E-state index contributed by atoms with van der Waals surface area (Å²) in [6, 6.07) is 8.22. The summed E-state index contributed by atoms with van der Waals surface area (Å²) in [4.78, 5) is 10.3. The van der Waals surface area contributed by atoms with Crippen LogP contribution in [0.1, 0.15) is 20.3 Å². The minimum absolute atomic E-state index is 0.195. The van der Waals surface area contributed by atoms with Gasteiger partial charge >= 0.3 is 0 Å². The van der Waals surface area contributed by atoms with E-state index < -0.39 is 0 Å². The Kier molecular flexibility index (Phi) is 4.92. The predicted octanol–water partition coefficient (Wildman–Crippen LogP) is 3.18. The van der Waals surface area contributed by atoms with Gasteiger partial charge in [-0.05, 0) is 31.5 Å². The molecule has 0 aliphatic rings. The molecular formula is C15H20FN5. The number of nitrogens with one attached hydrogen (secondary N) is 1. The Bertz CT molecular complexity index is 602. The number of hydrogen-bond acceptors (Lipinski definition) is 5. The van der Waals surface area contributed by atoms with Crippen LogP contribution in [0.4, 0.5) is 27.7 Å². The van der Waals surface area contributed by atoms with Crippen molar-refractivity contribution in [2.24, 2.45) is 0 Å². The molecule has 0 atom stereocenters. The molecule has 1 heterocycles. The third kappa shape index (κ3) is 3.81. The number of rotatable bonds is 6. The van der Waals surface area contributed by atoms with Gasteiger partial charge in [0.1, 0.15) is 17.5 Å². The van der Waals surface area contributed by atoms with E-state index in [1.54, 1.807) is 6.07 Å². The fourth-order valence-electron chi connectivity index (χ4n) is 2.06. The summed E-state index contributed by atoms with van der Waals surface area (Å²) >= 11 is 0. The monoisotopic (exact) mass is 289 g/mol. The highest BCUT2D eigenvalue weighted by Crippen LogP contribution is 2.26. The van der Waals surface area contributed by atoms with Gasteiger partial charge in [0.2, 0.25) is 5.95 Å². The Morgan fingerprint density at radius 3 is 2.71 bits per heavy atom. The van der Waals surface area contributed by atoms with Gasteiger partial charge in [-0.3, -0.25) is 0 Å². The maximum atomic E-state index is 13.4. The fourth-order valence-corrected chi connectivity index (χ4v) is 2.06. The molecule has 2 rings (SSSR count). The van der Waals surface area contributed by atoms with E-state index >= 15 is 0 Å². The molecule has 0 saturated carbocycles. The molecule has 1 aromatic carbocycles.